The van der Waals surface area contributed by atoms with Crippen LogP contribution in [0.4, 0.5) is 0 Å². The second kappa shape index (κ2) is 9.29. The molecule has 0 aliphatic carbocycles. The standard InChI is InChI=1S/C14H16N2O2.2ClH.Pt/c15-13(9-3-1-5-11(17)7-9)14(16)10-4-2-6-12(18)8-10;;;/h1-8,13-14,17-18H,15-16H2;2*1H;/q;;;+2/p-2/t13-,14+;;;. The first-order valence-electron chi connectivity index (χ1n) is 5.91. The Morgan fingerprint density at radius 1 is 0.810 bits per heavy atom. The van der Waals surface area contributed by atoms with Gasteiger partial charge in [0.05, 0.1) is 0 Å². The molecule has 0 heterocycles. The second-order valence-electron chi connectivity index (χ2n) is 4.29. The molecule has 0 aliphatic rings. The Kier molecular flexibility index (Phi) is 8.08. The summed E-state index contributed by atoms with van der Waals surface area (Å²) < 4.78 is 0. The molecule has 0 bridgehead atoms. The molecule has 2 rings (SSSR count). The van der Waals surface area contributed by atoms with E-state index in [1.54, 1.807) is 36.4 Å². The third-order valence-corrected chi connectivity index (χ3v) is 2.90. The van der Waals surface area contributed by atoms with Crippen molar-refractivity contribution in [2.24, 2.45) is 11.5 Å². The van der Waals surface area contributed by atoms with Crippen molar-refractivity contribution in [3.8, 4) is 11.5 Å². The number of phenolic OH excluding ortho intramolecular Hbond substituents is 2. The van der Waals surface area contributed by atoms with E-state index < -0.39 is 28.6 Å². The summed E-state index contributed by atoms with van der Waals surface area (Å²) in [5.41, 5.74) is 13.7. The Morgan fingerprint density at radius 3 is 1.43 bits per heavy atom. The van der Waals surface area contributed by atoms with Crippen LogP contribution in [0.15, 0.2) is 48.5 Å². The molecule has 4 nitrogen and oxygen atoms in total. The van der Waals surface area contributed by atoms with Crippen molar-refractivity contribution in [2.75, 3.05) is 0 Å². The molecule has 2 aromatic rings. The van der Waals surface area contributed by atoms with Gasteiger partial charge in [-0.15, -0.1) is 0 Å². The van der Waals surface area contributed by atoms with Gasteiger partial charge >= 0.3 is 35.3 Å². The molecular formula is C14H16Cl2N2O2Pt. The number of nitrogens with two attached hydrogens (primary N) is 2. The van der Waals surface area contributed by atoms with Crippen LogP contribution in [-0.4, -0.2) is 10.2 Å². The van der Waals surface area contributed by atoms with Gasteiger partial charge in [-0.1, -0.05) is 24.3 Å². The van der Waals surface area contributed by atoms with Crippen molar-refractivity contribution in [1.29, 1.82) is 0 Å². The van der Waals surface area contributed by atoms with Crippen LogP contribution in [0.1, 0.15) is 23.2 Å². The molecule has 21 heavy (non-hydrogen) atoms. The molecule has 0 saturated carbocycles. The predicted molar refractivity (Wildman–Crippen MR) is 81.8 cm³/mol. The molecule has 2 atom stereocenters. The second-order valence-corrected chi connectivity index (χ2v) is 7.57. The van der Waals surface area contributed by atoms with E-state index in [1.807, 2.05) is 12.1 Å². The number of phenols is 2. The number of rotatable bonds is 3. The van der Waals surface area contributed by atoms with Gasteiger partial charge in [0.25, 0.3) is 0 Å². The summed E-state index contributed by atoms with van der Waals surface area (Å²) in [7, 11) is 9.75. The van der Waals surface area contributed by atoms with E-state index in [0.29, 0.717) is 0 Å². The molecule has 0 saturated heterocycles. The zero-order chi connectivity index (χ0) is 15.8. The number of hydrogen-bond donors (Lipinski definition) is 4. The molecule has 0 aliphatic heterocycles. The number of aromatic hydroxyl groups is 2. The van der Waals surface area contributed by atoms with Gasteiger partial charge in [0.2, 0.25) is 0 Å². The summed E-state index contributed by atoms with van der Waals surface area (Å²) in [6.45, 7) is 0. The Balaban J connectivity index is 0.000000677. The fourth-order valence-corrected chi connectivity index (χ4v) is 1.88. The summed E-state index contributed by atoms with van der Waals surface area (Å²) in [5, 5.41) is 18.8. The first-order valence-corrected chi connectivity index (χ1v) is 11.5. The SMILES string of the molecule is N[C@H](c1cccc(O)c1)[C@@H](N)c1cccc(O)c1.[Cl][Pt][Cl]. The van der Waals surface area contributed by atoms with Crippen molar-refractivity contribution in [1.82, 2.24) is 0 Å². The van der Waals surface area contributed by atoms with E-state index in [4.69, 9.17) is 30.3 Å². The van der Waals surface area contributed by atoms with Gasteiger partial charge in [-0.2, -0.15) is 0 Å². The molecule has 7 heteroatoms. The summed E-state index contributed by atoms with van der Waals surface area (Å²) in [5.74, 6) is 0.317. The van der Waals surface area contributed by atoms with E-state index in [1.165, 1.54) is 0 Å². The molecule has 118 valence electrons. The minimum atomic E-state index is -0.472. The van der Waals surface area contributed by atoms with E-state index in [2.05, 4.69) is 0 Å². The van der Waals surface area contributed by atoms with Gasteiger partial charge in [-0.05, 0) is 35.4 Å². The molecule has 0 fully saturated rings. The average molecular weight is 510 g/mol. The maximum atomic E-state index is 9.42. The number of hydrogen-bond acceptors (Lipinski definition) is 4. The van der Waals surface area contributed by atoms with Crippen LogP contribution in [-0.2, 0) is 16.5 Å². The topological polar surface area (TPSA) is 92.5 Å². The quantitative estimate of drug-likeness (QED) is 0.511. The predicted octanol–water partition coefficient (Wildman–Crippen LogP) is 3.17. The third-order valence-electron chi connectivity index (χ3n) is 2.90. The maximum absolute atomic E-state index is 9.42. The van der Waals surface area contributed by atoms with Gasteiger partial charge in [0, 0.05) is 12.1 Å². The molecule has 0 radical (unpaired) electrons. The zero-order valence-corrected chi connectivity index (χ0v) is 14.7. The molecule has 0 amide bonds. The first kappa shape index (κ1) is 18.3. The number of halogens is 2. The average Bonchev–Trinajstić information content (AvgIpc) is 2.46. The van der Waals surface area contributed by atoms with Crippen LogP contribution < -0.4 is 11.5 Å². The van der Waals surface area contributed by atoms with Crippen molar-refractivity contribution in [3.63, 3.8) is 0 Å². The zero-order valence-electron chi connectivity index (χ0n) is 10.9. The summed E-state index contributed by atoms with van der Waals surface area (Å²) in [6.07, 6.45) is 0. The fraction of sp³-hybridized carbons (Fsp3) is 0.143. The van der Waals surface area contributed by atoms with Crippen LogP contribution in [0.2, 0.25) is 0 Å². The van der Waals surface area contributed by atoms with E-state index in [0.717, 1.165) is 11.1 Å². The van der Waals surface area contributed by atoms with Gasteiger partial charge in [0.1, 0.15) is 11.5 Å². The van der Waals surface area contributed by atoms with Gasteiger partial charge < -0.3 is 21.7 Å². The Morgan fingerprint density at radius 2 is 1.14 bits per heavy atom. The van der Waals surface area contributed by atoms with Crippen molar-refractivity contribution in [3.05, 3.63) is 59.7 Å². The van der Waals surface area contributed by atoms with Gasteiger partial charge in [0.15, 0.2) is 0 Å². The molecule has 0 spiro atoms. The molecular weight excluding hydrogens is 494 g/mol. The Hall–Kier alpha value is -0.772. The summed E-state index contributed by atoms with van der Waals surface area (Å²) >= 11 is -0.472. The van der Waals surface area contributed by atoms with Crippen LogP contribution in [0.5, 0.6) is 11.5 Å². The fourth-order valence-electron chi connectivity index (χ4n) is 1.88. The monoisotopic (exact) mass is 509 g/mol. The van der Waals surface area contributed by atoms with Crippen molar-refractivity contribution < 1.29 is 26.7 Å². The summed E-state index contributed by atoms with van der Waals surface area (Å²) in [6, 6.07) is 12.5. The van der Waals surface area contributed by atoms with E-state index >= 15 is 0 Å². The van der Waals surface area contributed by atoms with Crippen LogP contribution in [0.25, 0.3) is 0 Å². The third kappa shape index (κ3) is 5.85. The Bertz CT molecular complexity index is 523. The van der Waals surface area contributed by atoms with Crippen LogP contribution in [0.3, 0.4) is 0 Å². The van der Waals surface area contributed by atoms with Crippen LogP contribution in [0, 0.1) is 0 Å². The van der Waals surface area contributed by atoms with Crippen molar-refractivity contribution in [2.45, 2.75) is 12.1 Å². The summed E-state index contributed by atoms with van der Waals surface area (Å²) in [4.78, 5) is 0. The molecule has 6 N–H and O–H groups in total. The van der Waals surface area contributed by atoms with Crippen LogP contribution >= 0.6 is 18.8 Å². The normalized spacial score (nSPS) is 13.1. The van der Waals surface area contributed by atoms with E-state index in [9.17, 15) is 10.2 Å². The molecule has 0 unspecified atom stereocenters. The van der Waals surface area contributed by atoms with E-state index in [-0.39, 0.29) is 11.5 Å². The number of benzene rings is 2. The Labute approximate surface area is 140 Å². The minimum absolute atomic E-state index is 0.158. The molecule has 0 aromatic heterocycles. The first-order chi connectivity index (χ1) is 9.99. The van der Waals surface area contributed by atoms with Crippen molar-refractivity contribution >= 4 is 18.8 Å². The van der Waals surface area contributed by atoms with Gasteiger partial charge in [-0.3, -0.25) is 0 Å². The molecule has 2 aromatic carbocycles. The van der Waals surface area contributed by atoms with Gasteiger partial charge in [-0.25, -0.2) is 0 Å².